The summed E-state index contributed by atoms with van der Waals surface area (Å²) in [7, 11) is 0. The van der Waals surface area contributed by atoms with Crippen molar-refractivity contribution >= 4 is 11.6 Å². The van der Waals surface area contributed by atoms with Gasteiger partial charge in [-0.15, -0.1) is 0 Å². The molecule has 1 aromatic heterocycles. The third kappa shape index (κ3) is 2.66. The molecule has 0 bridgehead atoms. The van der Waals surface area contributed by atoms with E-state index >= 15 is 0 Å². The van der Waals surface area contributed by atoms with E-state index in [-0.39, 0.29) is 0 Å². The molecule has 1 saturated heterocycles. The van der Waals surface area contributed by atoms with Gasteiger partial charge in [-0.1, -0.05) is 0 Å². The zero-order valence-electron chi connectivity index (χ0n) is 10.0. The second-order valence-electron chi connectivity index (χ2n) is 5.03. The molecule has 5 nitrogen and oxygen atoms in total. The van der Waals surface area contributed by atoms with E-state index in [1.807, 2.05) is 0 Å². The smallest absolute Gasteiger partial charge is 0.149 e. The van der Waals surface area contributed by atoms with Crippen LogP contribution < -0.4 is 10.6 Å². The highest BCUT2D eigenvalue weighted by Crippen LogP contribution is 2.30. The molecule has 17 heavy (non-hydrogen) atoms. The Balaban J connectivity index is 1.56. The van der Waals surface area contributed by atoms with Crippen molar-refractivity contribution in [2.24, 2.45) is 5.92 Å². The fourth-order valence-electron chi connectivity index (χ4n) is 2.35. The molecule has 92 valence electrons. The maximum atomic E-state index is 5.66. The SMILES string of the molecule is Nc1cncc(N2CCN(CC3CC3)CC2)n1. The molecular formula is C12H19N5. The van der Waals surface area contributed by atoms with Crippen LogP contribution in [0.25, 0.3) is 0 Å². The maximum Gasteiger partial charge on any atom is 0.149 e. The quantitative estimate of drug-likeness (QED) is 0.828. The zero-order chi connectivity index (χ0) is 11.7. The van der Waals surface area contributed by atoms with Crippen molar-refractivity contribution in [3.05, 3.63) is 12.4 Å². The fourth-order valence-corrected chi connectivity index (χ4v) is 2.35. The van der Waals surface area contributed by atoms with Crippen LogP contribution in [0.1, 0.15) is 12.8 Å². The van der Waals surface area contributed by atoms with Gasteiger partial charge < -0.3 is 10.6 Å². The van der Waals surface area contributed by atoms with E-state index in [9.17, 15) is 0 Å². The number of piperazine rings is 1. The summed E-state index contributed by atoms with van der Waals surface area (Å²) in [5.41, 5.74) is 5.66. The van der Waals surface area contributed by atoms with Crippen LogP contribution in [0.15, 0.2) is 12.4 Å². The highest BCUT2D eigenvalue weighted by molar-refractivity contribution is 5.41. The number of rotatable bonds is 3. The molecule has 1 aliphatic carbocycles. The molecule has 2 fully saturated rings. The first-order chi connectivity index (χ1) is 8.31. The zero-order valence-corrected chi connectivity index (χ0v) is 10.0. The molecule has 5 heteroatoms. The topological polar surface area (TPSA) is 58.3 Å². The monoisotopic (exact) mass is 233 g/mol. The van der Waals surface area contributed by atoms with Crippen LogP contribution in [0.2, 0.25) is 0 Å². The van der Waals surface area contributed by atoms with Gasteiger partial charge in [-0.2, -0.15) is 0 Å². The molecule has 1 aliphatic heterocycles. The van der Waals surface area contributed by atoms with Crippen molar-refractivity contribution in [2.45, 2.75) is 12.8 Å². The molecule has 3 rings (SSSR count). The lowest BCUT2D eigenvalue weighted by Crippen LogP contribution is -2.47. The van der Waals surface area contributed by atoms with Gasteiger partial charge in [0.2, 0.25) is 0 Å². The van der Waals surface area contributed by atoms with Crippen molar-refractivity contribution in [2.75, 3.05) is 43.4 Å². The summed E-state index contributed by atoms with van der Waals surface area (Å²) in [6.07, 6.45) is 6.25. The Morgan fingerprint density at radius 3 is 2.59 bits per heavy atom. The van der Waals surface area contributed by atoms with Crippen molar-refractivity contribution in [1.82, 2.24) is 14.9 Å². The number of anilines is 2. The van der Waals surface area contributed by atoms with E-state index in [0.717, 1.165) is 37.9 Å². The van der Waals surface area contributed by atoms with Gasteiger partial charge in [0.05, 0.1) is 12.4 Å². The first-order valence-corrected chi connectivity index (χ1v) is 6.36. The van der Waals surface area contributed by atoms with Gasteiger partial charge in [0.25, 0.3) is 0 Å². The van der Waals surface area contributed by atoms with Crippen molar-refractivity contribution in [3.8, 4) is 0 Å². The summed E-state index contributed by atoms with van der Waals surface area (Å²) in [6, 6.07) is 0. The van der Waals surface area contributed by atoms with Gasteiger partial charge >= 0.3 is 0 Å². The molecule has 2 aliphatic rings. The first kappa shape index (κ1) is 10.8. The molecule has 1 saturated carbocycles. The Bertz CT molecular complexity index is 382. The Kier molecular flexibility index (Phi) is 2.84. The van der Waals surface area contributed by atoms with Crippen LogP contribution in [0.5, 0.6) is 0 Å². The highest BCUT2D eigenvalue weighted by Gasteiger charge is 2.26. The van der Waals surface area contributed by atoms with Crippen LogP contribution in [0.3, 0.4) is 0 Å². The normalized spacial score (nSPS) is 21.8. The molecule has 1 aromatic rings. The Morgan fingerprint density at radius 2 is 1.94 bits per heavy atom. The van der Waals surface area contributed by atoms with E-state index in [1.54, 1.807) is 12.4 Å². The van der Waals surface area contributed by atoms with Gasteiger partial charge in [-0.3, -0.25) is 9.88 Å². The fraction of sp³-hybridized carbons (Fsp3) is 0.667. The second kappa shape index (κ2) is 4.49. The predicted molar refractivity (Wildman–Crippen MR) is 67.8 cm³/mol. The van der Waals surface area contributed by atoms with E-state index in [1.165, 1.54) is 19.4 Å². The molecule has 0 amide bonds. The summed E-state index contributed by atoms with van der Waals surface area (Å²) in [4.78, 5) is 13.2. The third-order valence-electron chi connectivity index (χ3n) is 3.55. The standard InChI is InChI=1S/C12H19N5/c13-11-7-14-8-12(15-11)17-5-3-16(4-6-17)9-10-1-2-10/h7-8,10H,1-6,9H2,(H2,13,15). The van der Waals surface area contributed by atoms with Gasteiger partial charge in [0.1, 0.15) is 11.6 Å². The maximum absolute atomic E-state index is 5.66. The minimum absolute atomic E-state index is 0.503. The van der Waals surface area contributed by atoms with Crippen molar-refractivity contribution < 1.29 is 0 Å². The molecule has 0 spiro atoms. The largest absolute Gasteiger partial charge is 0.382 e. The predicted octanol–water partition coefficient (Wildman–Crippen LogP) is 0.591. The minimum Gasteiger partial charge on any atom is -0.382 e. The number of aromatic nitrogens is 2. The van der Waals surface area contributed by atoms with E-state index in [4.69, 9.17) is 5.73 Å². The average Bonchev–Trinajstić information content (AvgIpc) is 3.14. The van der Waals surface area contributed by atoms with Gasteiger partial charge in [0, 0.05) is 32.7 Å². The van der Waals surface area contributed by atoms with E-state index < -0.39 is 0 Å². The summed E-state index contributed by atoms with van der Waals surface area (Å²) in [5.74, 6) is 2.40. The number of nitrogens with two attached hydrogens (primary N) is 1. The lowest BCUT2D eigenvalue weighted by Gasteiger charge is -2.35. The van der Waals surface area contributed by atoms with Crippen LogP contribution in [0, 0.1) is 5.92 Å². The summed E-state index contributed by atoms with van der Waals surface area (Å²) >= 11 is 0. The lowest BCUT2D eigenvalue weighted by atomic mass is 10.3. The van der Waals surface area contributed by atoms with E-state index in [0.29, 0.717) is 5.82 Å². The van der Waals surface area contributed by atoms with Crippen LogP contribution in [-0.2, 0) is 0 Å². The second-order valence-corrected chi connectivity index (χ2v) is 5.03. The van der Waals surface area contributed by atoms with Gasteiger partial charge in [-0.25, -0.2) is 4.98 Å². The minimum atomic E-state index is 0.503. The molecule has 2 heterocycles. The molecule has 0 aromatic carbocycles. The van der Waals surface area contributed by atoms with Gasteiger partial charge in [0.15, 0.2) is 0 Å². The Hall–Kier alpha value is -1.36. The molecular weight excluding hydrogens is 214 g/mol. The number of nitrogen functional groups attached to an aromatic ring is 1. The number of hydrogen-bond donors (Lipinski definition) is 1. The Labute approximate surface area is 102 Å². The third-order valence-corrected chi connectivity index (χ3v) is 3.55. The molecule has 0 atom stereocenters. The first-order valence-electron chi connectivity index (χ1n) is 6.36. The summed E-state index contributed by atoms with van der Waals surface area (Å²) in [6.45, 7) is 5.62. The number of hydrogen-bond acceptors (Lipinski definition) is 5. The molecule has 0 radical (unpaired) electrons. The summed E-state index contributed by atoms with van der Waals surface area (Å²) < 4.78 is 0. The molecule has 0 unspecified atom stereocenters. The lowest BCUT2D eigenvalue weighted by molar-refractivity contribution is 0.247. The van der Waals surface area contributed by atoms with Crippen molar-refractivity contribution in [3.63, 3.8) is 0 Å². The number of nitrogens with zero attached hydrogens (tertiary/aromatic N) is 4. The van der Waals surface area contributed by atoms with Crippen LogP contribution in [0.4, 0.5) is 11.6 Å². The molecule has 2 N–H and O–H groups in total. The van der Waals surface area contributed by atoms with Crippen molar-refractivity contribution in [1.29, 1.82) is 0 Å². The highest BCUT2D eigenvalue weighted by atomic mass is 15.3. The average molecular weight is 233 g/mol. The van der Waals surface area contributed by atoms with Gasteiger partial charge in [-0.05, 0) is 18.8 Å². The van der Waals surface area contributed by atoms with Crippen LogP contribution in [-0.4, -0.2) is 47.6 Å². The Morgan fingerprint density at radius 1 is 1.18 bits per heavy atom. The van der Waals surface area contributed by atoms with Crippen LogP contribution >= 0.6 is 0 Å². The van der Waals surface area contributed by atoms with E-state index in [2.05, 4.69) is 19.8 Å². The summed E-state index contributed by atoms with van der Waals surface area (Å²) in [5, 5.41) is 0.